The van der Waals surface area contributed by atoms with Crippen LogP contribution in [0.15, 0.2) is 52.7 Å². The number of hydrogen-bond donors (Lipinski definition) is 0. The van der Waals surface area contributed by atoms with E-state index in [4.69, 9.17) is 4.42 Å². The Labute approximate surface area is 119 Å². The second-order valence-corrected chi connectivity index (χ2v) is 4.83. The lowest BCUT2D eigenvalue weighted by molar-refractivity contribution is 0.580. The van der Waals surface area contributed by atoms with Gasteiger partial charge >= 0.3 is 0 Å². The maximum Gasteiger partial charge on any atom is 0.153 e. The minimum Gasteiger partial charge on any atom is -0.463 e. The first kappa shape index (κ1) is 12.3. The number of pyridine rings is 1. The molecule has 0 saturated heterocycles. The van der Waals surface area contributed by atoms with E-state index in [2.05, 4.69) is 16.0 Å². The van der Waals surface area contributed by atoms with Crippen LogP contribution in [0.5, 0.6) is 0 Å². The molecule has 20 heavy (non-hydrogen) atoms. The minimum atomic E-state index is 0.515. The number of aromatic nitrogens is 2. The van der Waals surface area contributed by atoms with E-state index in [1.165, 1.54) is 11.3 Å². The van der Waals surface area contributed by atoms with Gasteiger partial charge in [-0.15, -0.1) is 11.3 Å². The van der Waals surface area contributed by atoms with Crippen LogP contribution in [0.2, 0.25) is 0 Å². The Bertz CT molecular complexity index is 767. The van der Waals surface area contributed by atoms with E-state index in [0.717, 1.165) is 11.3 Å². The topological polar surface area (TPSA) is 62.7 Å². The first-order valence-electron chi connectivity index (χ1n) is 5.88. The smallest absolute Gasteiger partial charge is 0.153 e. The molecule has 0 aliphatic rings. The zero-order valence-corrected chi connectivity index (χ0v) is 11.2. The summed E-state index contributed by atoms with van der Waals surface area (Å²) in [6.45, 7) is 0. The third-order valence-electron chi connectivity index (χ3n) is 2.62. The van der Waals surface area contributed by atoms with Gasteiger partial charge < -0.3 is 4.42 Å². The Morgan fingerprint density at radius 3 is 3.00 bits per heavy atom. The van der Waals surface area contributed by atoms with Crippen molar-refractivity contribution in [1.29, 1.82) is 5.26 Å². The standard InChI is InChI=1S/C15H9N3OS/c16-8-12(7-11-3-1-5-17-9-11)15-18-13(10-20-15)14-4-2-6-19-14/h1-7,9-10H/b12-7+. The maximum absolute atomic E-state index is 9.29. The monoisotopic (exact) mass is 279 g/mol. The molecule has 0 bridgehead atoms. The normalized spacial score (nSPS) is 11.2. The number of nitrogens with zero attached hydrogens (tertiary/aromatic N) is 3. The van der Waals surface area contributed by atoms with E-state index < -0.39 is 0 Å². The van der Waals surface area contributed by atoms with E-state index in [1.807, 2.05) is 29.6 Å². The van der Waals surface area contributed by atoms with Crippen molar-refractivity contribution in [2.75, 3.05) is 0 Å². The molecule has 0 amide bonds. The number of allylic oxidation sites excluding steroid dienone is 1. The summed E-state index contributed by atoms with van der Waals surface area (Å²) in [6, 6.07) is 9.55. The number of rotatable bonds is 3. The van der Waals surface area contributed by atoms with E-state index in [-0.39, 0.29) is 0 Å². The van der Waals surface area contributed by atoms with Crippen molar-refractivity contribution in [1.82, 2.24) is 9.97 Å². The second kappa shape index (κ2) is 5.51. The molecule has 0 saturated carbocycles. The van der Waals surface area contributed by atoms with Gasteiger partial charge in [0.05, 0.1) is 11.8 Å². The van der Waals surface area contributed by atoms with Gasteiger partial charge in [-0.1, -0.05) is 6.07 Å². The van der Waals surface area contributed by atoms with Gasteiger partial charge in [0.25, 0.3) is 0 Å². The quantitative estimate of drug-likeness (QED) is 0.683. The summed E-state index contributed by atoms with van der Waals surface area (Å²) in [7, 11) is 0. The molecule has 0 spiro atoms. The predicted molar refractivity (Wildman–Crippen MR) is 77.5 cm³/mol. The molecule has 0 aromatic carbocycles. The summed E-state index contributed by atoms with van der Waals surface area (Å²) in [5, 5.41) is 11.8. The summed E-state index contributed by atoms with van der Waals surface area (Å²) in [5.74, 6) is 0.700. The van der Waals surface area contributed by atoms with Crippen molar-refractivity contribution in [2.24, 2.45) is 0 Å². The highest BCUT2D eigenvalue weighted by molar-refractivity contribution is 7.11. The summed E-state index contributed by atoms with van der Waals surface area (Å²) in [6.07, 6.45) is 6.78. The van der Waals surface area contributed by atoms with Gasteiger partial charge in [0.1, 0.15) is 16.8 Å². The van der Waals surface area contributed by atoms with Crippen LogP contribution < -0.4 is 0 Å². The first-order valence-corrected chi connectivity index (χ1v) is 6.76. The Hall–Kier alpha value is -2.71. The summed E-state index contributed by atoms with van der Waals surface area (Å²) in [4.78, 5) is 8.46. The van der Waals surface area contributed by atoms with Crippen LogP contribution in [0.1, 0.15) is 10.6 Å². The van der Waals surface area contributed by atoms with Crippen LogP contribution in [0.4, 0.5) is 0 Å². The highest BCUT2D eigenvalue weighted by atomic mass is 32.1. The number of nitriles is 1. The molecule has 0 aliphatic carbocycles. The van der Waals surface area contributed by atoms with Crippen molar-refractivity contribution < 1.29 is 4.42 Å². The molecule has 0 N–H and O–H groups in total. The summed E-state index contributed by atoms with van der Waals surface area (Å²) < 4.78 is 5.30. The first-order chi connectivity index (χ1) is 9.86. The molecule has 3 aromatic heterocycles. The van der Waals surface area contributed by atoms with Crippen LogP contribution in [-0.4, -0.2) is 9.97 Å². The number of furan rings is 1. The average molecular weight is 279 g/mol. The molecular weight excluding hydrogens is 270 g/mol. The van der Waals surface area contributed by atoms with Gasteiger partial charge in [0.2, 0.25) is 0 Å². The molecule has 0 unspecified atom stereocenters. The molecule has 0 aliphatic heterocycles. The lowest BCUT2D eigenvalue weighted by atomic mass is 10.2. The molecule has 5 heteroatoms. The van der Waals surface area contributed by atoms with Crippen molar-refractivity contribution in [2.45, 2.75) is 0 Å². The van der Waals surface area contributed by atoms with E-state index >= 15 is 0 Å². The van der Waals surface area contributed by atoms with Gasteiger partial charge in [-0.25, -0.2) is 4.98 Å². The van der Waals surface area contributed by atoms with E-state index in [9.17, 15) is 5.26 Å². The van der Waals surface area contributed by atoms with Gasteiger partial charge in [0.15, 0.2) is 5.76 Å². The second-order valence-electron chi connectivity index (χ2n) is 3.97. The molecule has 96 valence electrons. The maximum atomic E-state index is 9.29. The molecule has 3 rings (SSSR count). The van der Waals surface area contributed by atoms with Crippen LogP contribution in [0.3, 0.4) is 0 Å². The highest BCUT2D eigenvalue weighted by Crippen LogP contribution is 2.27. The number of thiazole rings is 1. The SMILES string of the molecule is N#C/C(=C\c1cccnc1)c1nc(-c2ccco2)cs1. The van der Waals surface area contributed by atoms with E-state index in [1.54, 1.807) is 24.7 Å². The highest BCUT2D eigenvalue weighted by Gasteiger charge is 2.10. The van der Waals surface area contributed by atoms with Crippen molar-refractivity contribution in [3.63, 3.8) is 0 Å². The Balaban J connectivity index is 1.95. The van der Waals surface area contributed by atoms with Crippen molar-refractivity contribution in [3.05, 3.63) is 58.9 Å². The lowest BCUT2D eigenvalue weighted by Gasteiger charge is -1.94. The molecule has 4 nitrogen and oxygen atoms in total. The summed E-state index contributed by atoms with van der Waals surface area (Å²) in [5.41, 5.74) is 2.13. The fourth-order valence-electron chi connectivity index (χ4n) is 1.70. The van der Waals surface area contributed by atoms with Crippen LogP contribution >= 0.6 is 11.3 Å². The van der Waals surface area contributed by atoms with Gasteiger partial charge in [0, 0.05) is 17.8 Å². The van der Waals surface area contributed by atoms with Gasteiger partial charge in [-0.05, 0) is 29.8 Å². The van der Waals surface area contributed by atoms with E-state index in [0.29, 0.717) is 16.3 Å². The number of hydrogen-bond acceptors (Lipinski definition) is 5. The fraction of sp³-hybridized carbons (Fsp3) is 0. The molecule has 3 heterocycles. The molecule has 3 aromatic rings. The third kappa shape index (κ3) is 2.51. The summed E-state index contributed by atoms with van der Waals surface area (Å²) >= 11 is 1.42. The zero-order chi connectivity index (χ0) is 13.8. The van der Waals surface area contributed by atoms with Crippen molar-refractivity contribution in [3.8, 4) is 17.5 Å². The molecule has 0 radical (unpaired) electrons. The fourth-order valence-corrected chi connectivity index (χ4v) is 2.48. The molecular formula is C15H9N3OS. The Kier molecular flexibility index (Phi) is 3.40. The van der Waals surface area contributed by atoms with Crippen molar-refractivity contribution >= 4 is 23.0 Å². The van der Waals surface area contributed by atoms with Crippen LogP contribution in [0.25, 0.3) is 23.1 Å². The largest absolute Gasteiger partial charge is 0.463 e. The lowest BCUT2D eigenvalue weighted by Crippen LogP contribution is -1.82. The van der Waals surface area contributed by atoms with Gasteiger partial charge in [-0.2, -0.15) is 5.26 Å². The third-order valence-corrected chi connectivity index (χ3v) is 3.50. The van der Waals surface area contributed by atoms with Gasteiger partial charge in [-0.3, -0.25) is 4.98 Å². The Morgan fingerprint density at radius 1 is 1.35 bits per heavy atom. The predicted octanol–water partition coefficient (Wildman–Crippen LogP) is 3.86. The zero-order valence-electron chi connectivity index (χ0n) is 10.4. The Morgan fingerprint density at radius 2 is 2.30 bits per heavy atom. The molecule has 0 fully saturated rings. The minimum absolute atomic E-state index is 0.515. The van der Waals surface area contributed by atoms with Crippen LogP contribution in [0, 0.1) is 11.3 Å². The van der Waals surface area contributed by atoms with Crippen LogP contribution in [-0.2, 0) is 0 Å². The molecule has 0 atom stereocenters. The average Bonchev–Trinajstić information content (AvgIpc) is 3.16.